The van der Waals surface area contributed by atoms with Crippen LogP contribution in [-0.2, 0) is 26.2 Å². The van der Waals surface area contributed by atoms with Crippen LogP contribution in [0.4, 0.5) is 0 Å². The van der Waals surface area contributed by atoms with E-state index < -0.39 is 22.0 Å². The zero-order chi connectivity index (χ0) is 24.6. The number of nitrogens with zero attached hydrogens (tertiary/aromatic N) is 2. The van der Waals surface area contributed by atoms with E-state index in [1.54, 1.807) is 19.1 Å². The topological polar surface area (TPSA) is 86.8 Å². The molecule has 2 aromatic rings. The summed E-state index contributed by atoms with van der Waals surface area (Å²) in [6.07, 6.45) is 1.80. The highest BCUT2D eigenvalue weighted by Crippen LogP contribution is 2.17. The fraction of sp³-hybridized carbons (Fsp3) is 0.440. The molecule has 2 rings (SSSR count). The number of rotatable bonds is 11. The lowest BCUT2D eigenvalue weighted by molar-refractivity contribution is -0.140. The molecule has 0 spiro atoms. The van der Waals surface area contributed by atoms with Crippen LogP contribution in [0.3, 0.4) is 0 Å². The minimum atomic E-state index is -3.84. The standard InChI is InChI=1S/C25H35N3O4S/c1-6-7-16-26-25(30)21(4)28(17-22-12-8-19(2)9-13-22)24(29)18-27(5)33(31,32)23-14-10-20(3)11-15-23/h8-15,21H,6-7,16-18H2,1-5H3,(H,26,30). The molecule has 2 amide bonds. The van der Waals surface area contributed by atoms with E-state index in [9.17, 15) is 18.0 Å². The van der Waals surface area contributed by atoms with Gasteiger partial charge >= 0.3 is 0 Å². The highest BCUT2D eigenvalue weighted by molar-refractivity contribution is 7.89. The van der Waals surface area contributed by atoms with Crippen molar-refractivity contribution >= 4 is 21.8 Å². The van der Waals surface area contributed by atoms with Crippen LogP contribution in [0.1, 0.15) is 43.4 Å². The molecule has 8 heteroatoms. The van der Waals surface area contributed by atoms with Gasteiger partial charge < -0.3 is 10.2 Å². The molecular weight excluding hydrogens is 438 g/mol. The maximum absolute atomic E-state index is 13.3. The van der Waals surface area contributed by atoms with Crippen LogP contribution in [0.25, 0.3) is 0 Å². The van der Waals surface area contributed by atoms with E-state index in [2.05, 4.69) is 5.32 Å². The molecule has 0 aliphatic rings. The zero-order valence-electron chi connectivity index (χ0n) is 20.2. The second kappa shape index (κ2) is 12.0. The van der Waals surface area contributed by atoms with Gasteiger partial charge in [0.05, 0.1) is 11.4 Å². The van der Waals surface area contributed by atoms with E-state index in [1.807, 2.05) is 45.0 Å². The van der Waals surface area contributed by atoms with Gasteiger partial charge in [-0.25, -0.2) is 8.42 Å². The van der Waals surface area contributed by atoms with E-state index >= 15 is 0 Å². The fourth-order valence-corrected chi connectivity index (χ4v) is 4.39. The molecule has 0 saturated heterocycles. The Morgan fingerprint density at radius 1 is 0.970 bits per heavy atom. The Bertz CT molecular complexity index is 1030. The van der Waals surface area contributed by atoms with Gasteiger partial charge in [0, 0.05) is 20.1 Å². The number of amides is 2. The summed E-state index contributed by atoms with van der Waals surface area (Å²) in [5.74, 6) is -0.695. The summed E-state index contributed by atoms with van der Waals surface area (Å²) in [5.41, 5.74) is 2.90. The van der Waals surface area contributed by atoms with Gasteiger partial charge in [-0.1, -0.05) is 60.9 Å². The molecule has 1 unspecified atom stereocenters. The first kappa shape index (κ1) is 26.5. The van der Waals surface area contributed by atoms with Gasteiger partial charge in [-0.3, -0.25) is 9.59 Å². The Kier molecular flexibility index (Phi) is 9.61. The molecule has 180 valence electrons. The summed E-state index contributed by atoms with van der Waals surface area (Å²) in [6, 6.07) is 13.4. The third kappa shape index (κ3) is 7.40. The molecule has 0 aliphatic heterocycles. The normalized spacial score (nSPS) is 12.4. The van der Waals surface area contributed by atoms with Crippen LogP contribution in [0.15, 0.2) is 53.4 Å². The molecular formula is C25H35N3O4S. The predicted molar refractivity (Wildman–Crippen MR) is 130 cm³/mol. The van der Waals surface area contributed by atoms with E-state index in [1.165, 1.54) is 24.1 Å². The van der Waals surface area contributed by atoms with Crippen molar-refractivity contribution in [2.24, 2.45) is 0 Å². The molecule has 2 aromatic carbocycles. The number of carbonyl (C=O) groups excluding carboxylic acids is 2. The number of aryl methyl sites for hydroxylation is 2. The Morgan fingerprint density at radius 2 is 1.52 bits per heavy atom. The van der Waals surface area contributed by atoms with Crippen LogP contribution < -0.4 is 5.32 Å². The lowest BCUT2D eigenvalue weighted by atomic mass is 10.1. The summed E-state index contributed by atoms with van der Waals surface area (Å²) in [6.45, 7) is 7.93. The van der Waals surface area contributed by atoms with Gasteiger partial charge in [0.15, 0.2) is 0 Å². The third-order valence-corrected chi connectivity index (χ3v) is 7.38. The summed E-state index contributed by atoms with van der Waals surface area (Å²) < 4.78 is 26.9. The summed E-state index contributed by atoms with van der Waals surface area (Å²) >= 11 is 0. The number of sulfonamides is 1. The quantitative estimate of drug-likeness (QED) is 0.508. The predicted octanol–water partition coefficient (Wildman–Crippen LogP) is 3.26. The largest absolute Gasteiger partial charge is 0.354 e. The van der Waals surface area contributed by atoms with Crippen molar-refractivity contribution in [2.45, 2.75) is 58.0 Å². The number of benzene rings is 2. The second-order valence-corrected chi connectivity index (χ2v) is 10.4. The molecule has 0 aromatic heterocycles. The van der Waals surface area contributed by atoms with Crippen LogP contribution in [0.2, 0.25) is 0 Å². The minimum absolute atomic E-state index is 0.124. The second-order valence-electron chi connectivity index (χ2n) is 8.40. The van der Waals surface area contributed by atoms with E-state index in [4.69, 9.17) is 0 Å². The van der Waals surface area contributed by atoms with Crippen LogP contribution in [0.5, 0.6) is 0 Å². The monoisotopic (exact) mass is 473 g/mol. The van der Waals surface area contributed by atoms with Crippen molar-refractivity contribution in [3.63, 3.8) is 0 Å². The minimum Gasteiger partial charge on any atom is -0.354 e. The molecule has 33 heavy (non-hydrogen) atoms. The number of nitrogens with one attached hydrogen (secondary N) is 1. The van der Waals surface area contributed by atoms with E-state index in [0.29, 0.717) is 6.54 Å². The molecule has 1 N–H and O–H groups in total. The van der Waals surface area contributed by atoms with E-state index in [-0.39, 0.29) is 23.9 Å². The van der Waals surface area contributed by atoms with Crippen LogP contribution in [-0.4, -0.2) is 55.6 Å². The van der Waals surface area contributed by atoms with Gasteiger partial charge in [0.2, 0.25) is 21.8 Å². The Morgan fingerprint density at radius 3 is 2.06 bits per heavy atom. The average Bonchev–Trinajstić information content (AvgIpc) is 2.78. The lowest BCUT2D eigenvalue weighted by Gasteiger charge is -2.30. The highest BCUT2D eigenvalue weighted by Gasteiger charge is 2.30. The molecule has 0 radical (unpaired) electrons. The summed E-state index contributed by atoms with van der Waals surface area (Å²) in [4.78, 5) is 27.5. The van der Waals surface area contributed by atoms with Gasteiger partial charge in [-0.15, -0.1) is 0 Å². The summed E-state index contributed by atoms with van der Waals surface area (Å²) in [5, 5.41) is 2.86. The SMILES string of the molecule is CCCCNC(=O)C(C)N(Cc1ccc(C)cc1)C(=O)CN(C)S(=O)(=O)c1ccc(C)cc1. The van der Waals surface area contributed by atoms with Gasteiger partial charge in [0.1, 0.15) is 6.04 Å². The first-order chi connectivity index (χ1) is 15.6. The molecule has 0 bridgehead atoms. The fourth-order valence-electron chi connectivity index (χ4n) is 3.27. The maximum Gasteiger partial charge on any atom is 0.243 e. The Labute approximate surface area is 197 Å². The smallest absolute Gasteiger partial charge is 0.243 e. The molecule has 7 nitrogen and oxygen atoms in total. The lowest BCUT2D eigenvalue weighted by Crippen LogP contribution is -2.50. The molecule has 1 atom stereocenters. The number of unbranched alkanes of at least 4 members (excludes halogenated alkanes) is 1. The number of hydrogen-bond acceptors (Lipinski definition) is 4. The number of likely N-dealkylation sites (N-methyl/N-ethyl adjacent to an activating group) is 1. The first-order valence-electron chi connectivity index (χ1n) is 11.2. The maximum atomic E-state index is 13.3. The van der Waals surface area contributed by atoms with Crippen LogP contribution >= 0.6 is 0 Å². The third-order valence-electron chi connectivity index (χ3n) is 5.56. The highest BCUT2D eigenvalue weighted by atomic mass is 32.2. The Hall–Kier alpha value is -2.71. The molecule has 0 aliphatic carbocycles. The van der Waals surface area contributed by atoms with Crippen molar-refractivity contribution in [1.82, 2.24) is 14.5 Å². The van der Waals surface area contributed by atoms with Gasteiger partial charge in [-0.05, 0) is 44.9 Å². The number of hydrogen-bond donors (Lipinski definition) is 1. The van der Waals surface area contributed by atoms with Crippen LogP contribution in [0, 0.1) is 13.8 Å². The van der Waals surface area contributed by atoms with Gasteiger partial charge in [0.25, 0.3) is 0 Å². The zero-order valence-corrected chi connectivity index (χ0v) is 21.0. The molecule has 0 saturated carbocycles. The van der Waals surface area contributed by atoms with Crippen molar-refractivity contribution in [3.8, 4) is 0 Å². The molecule has 0 fully saturated rings. The van der Waals surface area contributed by atoms with Crippen molar-refractivity contribution < 1.29 is 18.0 Å². The average molecular weight is 474 g/mol. The van der Waals surface area contributed by atoms with Crippen molar-refractivity contribution in [3.05, 3.63) is 65.2 Å². The van der Waals surface area contributed by atoms with Gasteiger partial charge in [-0.2, -0.15) is 4.31 Å². The molecule has 0 heterocycles. The van der Waals surface area contributed by atoms with Crippen molar-refractivity contribution in [1.29, 1.82) is 0 Å². The summed E-state index contributed by atoms with van der Waals surface area (Å²) in [7, 11) is -2.46. The number of carbonyl (C=O) groups is 2. The van der Waals surface area contributed by atoms with Crippen molar-refractivity contribution in [2.75, 3.05) is 20.1 Å². The van der Waals surface area contributed by atoms with E-state index in [0.717, 1.165) is 33.8 Å². The Balaban J connectivity index is 2.22. The first-order valence-corrected chi connectivity index (χ1v) is 12.7.